The fraction of sp³-hybridized carbons (Fsp3) is 0.167. The van der Waals surface area contributed by atoms with Crippen molar-refractivity contribution in [3.63, 3.8) is 0 Å². The van der Waals surface area contributed by atoms with Gasteiger partial charge in [0.1, 0.15) is 5.69 Å². The van der Waals surface area contributed by atoms with E-state index in [2.05, 4.69) is 25.5 Å². The van der Waals surface area contributed by atoms with Crippen LogP contribution in [-0.4, -0.2) is 30.2 Å². The second kappa shape index (κ2) is 7.78. The third-order valence-electron chi connectivity index (χ3n) is 4.00. The van der Waals surface area contributed by atoms with E-state index in [-0.39, 0.29) is 18.0 Å². The maximum atomic E-state index is 12.8. The summed E-state index contributed by atoms with van der Waals surface area (Å²) in [5.41, 5.74) is 1.90. The Labute approximate surface area is 161 Å². The van der Waals surface area contributed by atoms with Crippen LogP contribution in [-0.2, 0) is 6.54 Å². The maximum absolute atomic E-state index is 12.8. The maximum Gasteiger partial charge on any atom is 0.314 e. The molecule has 148 valence electrons. The molecule has 0 aliphatic rings. The lowest BCUT2D eigenvalue weighted by Gasteiger charge is -2.02. The van der Waals surface area contributed by atoms with Crippen molar-refractivity contribution in [2.24, 2.45) is 0 Å². The van der Waals surface area contributed by atoms with Crippen LogP contribution < -0.4 is 0 Å². The van der Waals surface area contributed by atoms with Crippen molar-refractivity contribution in [1.82, 2.24) is 30.2 Å². The van der Waals surface area contributed by atoms with E-state index in [1.165, 1.54) is 29.1 Å². The molecule has 0 saturated heterocycles. The lowest BCUT2D eigenvalue weighted by Crippen LogP contribution is -2.02. The Morgan fingerprint density at radius 1 is 0.931 bits per heavy atom. The number of hydrogen-bond donors (Lipinski definition) is 0. The van der Waals surface area contributed by atoms with E-state index in [4.69, 9.17) is 4.42 Å². The molecule has 0 N–H and O–H groups in total. The van der Waals surface area contributed by atoms with E-state index in [0.717, 1.165) is 0 Å². The van der Waals surface area contributed by atoms with Crippen molar-refractivity contribution < 1.29 is 22.0 Å². The highest BCUT2D eigenvalue weighted by molar-refractivity contribution is 5.58. The van der Waals surface area contributed by atoms with Gasteiger partial charge in [0.05, 0.1) is 24.0 Å². The molecule has 0 unspecified atom stereocenters. The van der Waals surface area contributed by atoms with Crippen LogP contribution in [0.25, 0.3) is 22.7 Å². The number of aromatic nitrogens is 6. The molecule has 4 rings (SSSR count). The molecule has 0 atom stereocenters. The first-order valence-electron chi connectivity index (χ1n) is 8.35. The molecule has 0 radical (unpaired) electrons. The Bertz CT molecular complexity index is 1110. The molecule has 3 aromatic heterocycles. The Balaban J connectivity index is 1.48. The predicted octanol–water partition coefficient (Wildman–Crippen LogP) is 4.31. The molecular weight excluding hydrogens is 392 g/mol. The van der Waals surface area contributed by atoms with E-state index in [1.807, 2.05) is 0 Å². The molecule has 11 heteroatoms. The number of pyridine rings is 1. The van der Waals surface area contributed by atoms with E-state index < -0.39 is 18.7 Å². The van der Waals surface area contributed by atoms with Gasteiger partial charge < -0.3 is 4.42 Å². The number of alkyl halides is 4. The number of hydrogen-bond acceptors (Lipinski definition) is 6. The van der Waals surface area contributed by atoms with E-state index in [0.29, 0.717) is 22.5 Å². The summed E-state index contributed by atoms with van der Waals surface area (Å²) in [5.74, 6) is -0.809. The molecule has 0 bridgehead atoms. The van der Waals surface area contributed by atoms with Gasteiger partial charge in [-0.3, -0.25) is 4.98 Å². The van der Waals surface area contributed by atoms with Crippen LogP contribution in [0.2, 0.25) is 0 Å². The van der Waals surface area contributed by atoms with Crippen LogP contribution in [0.3, 0.4) is 0 Å². The molecule has 0 aliphatic heterocycles. The normalized spacial score (nSPS) is 11.5. The highest BCUT2D eigenvalue weighted by Crippen LogP contribution is 2.25. The van der Waals surface area contributed by atoms with Gasteiger partial charge in [-0.15, -0.1) is 15.3 Å². The topological polar surface area (TPSA) is 82.5 Å². The SMILES string of the molecule is FC(F)c1cccc(-c2cn(Cc3ccc(-c4nnc(C(F)F)o4)cn3)nn2)c1. The monoisotopic (exact) mass is 404 g/mol. The summed E-state index contributed by atoms with van der Waals surface area (Å²) in [6.45, 7) is 0.272. The summed E-state index contributed by atoms with van der Waals surface area (Å²) in [5, 5.41) is 14.8. The summed E-state index contributed by atoms with van der Waals surface area (Å²) in [6.07, 6.45) is -2.37. The summed E-state index contributed by atoms with van der Waals surface area (Å²) >= 11 is 0. The third kappa shape index (κ3) is 4.13. The van der Waals surface area contributed by atoms with E-state index in [9.17, 15) is 17.6 Å². The van der Waals surface area contributed by atoms with Crippen molar-refractivity contribution in [2.45, 2.75) is 19.4 Å². The zero-order valence-electron chi connectivity index (χ0n) is 14.6. The number of halogens is 4. The first-order chi connectivity index (χ1) is 14.0. The number of nitrogens with zero attached hydrogens (tertiary/aromatic N) is 6. The first kappa shape index (κ1) is 18.7. The molecular formula is C18H12F4N6O. The average molecular weight is 404 g/mol. The highest BCUT2D eigenvalue weighted by atomic mass is 19.3. The quantitative estimate of drug-likeness (QED) is 0.445. The molecule has 29 heavy (non-hydrogen) atoms. The Morgan fingerprint density at radius 2 is 1.79 bits per heavy atom. The predicted molar refractivity (Wildman–Crippen MR) is 92.0 cm³/mol. The van der Waals surface area contributed by atoms with Crippen molar-refractivity contribution in [2.75, 3.05) is 0 Å². The average Bonchev–Trinajstić information content (AvgIpc) is 3.39. The molecule has 1 aromatic carbocycles. The van der Waals surface area contributed by atoms with Gasteiger partial charge in [0.25, 0.3) is 12.3 Å². The molecule has 4 aromatic rings. The molecule has 0 fully saturated rings. The van der Waals surface area contributed by atoms with Crippen molar-refractivity contribution >= 4 is 0 Å². The standard InChI is InChI=1S/C18H12F4N6O/c19-15(20)11-3-1-2-10(6-11)14-9-28(27-24-14)8-13-5-4-12(7-23-13)17-25-26-18(29-17)16(21)22/h1-7,9,15-16H,8H2. The van der Waals surface area contributed by atoms with E-state index in [1.54, 1.807) is 24.4 Å². The second-order valence-electron chi connectivity index (χ2n) is 6.01. The molecule has 0 spiro atoms. The highest BCUT2D eigenvalue weighted by Gasteiger charge is 2.17. The smallest absolute Gasteiger partial charge is 0.314 e. The van der Waals surface area contributed by atoms with Gasteiger partial charge in [0, 0.05) is 17.3 Å². The Morgan fingerprint density at radius 3 is 2.48 bits per heavy atom. The first-order valence-corrected chi connectivity index (χ1v) is 8.35. The van der Waals surface area contributed by atoms with Gasteiger partial charge in [-0.05, 0) is 18.2 Å². The Hall–Kier alpha value is -3.63. The van der Waals surface area contributed by atoms with Crippen LogP contribution >= 0.6 is 0 Å². The number of rotatable bonds is 6. The lowest BCUT2D eigenvalue weighted by atomic mass is 10.1. The fourth-order valence-corrected chi connectivity index (χ4v) is 2.59. The molecule has 0 amide bonds. The minimum Gasteiger partial charge on any atom is -0.415 e. The summed E-state index contributed by atoms with van der Waals surface area (Å²) < 4.78 is 57.1. The van der Waals surface area contributed by atoms with Gasteiger partial charge in [-0.25, -0.2) is 13.5 Å². The molecule has 3 heterocycles. The summed E-state index contributed by atoms with van der Waals surface area (Å²) in [4.78, 5) is 4.22. The van der Waals surface area contributed by atoms with Crippen molar-refractivity contribution in [3.8, 4) is 22.7 Å². The van der Waals surface area contributed by atoms with Gasteiger partial charge in [0.2, 0.25) is 5.89 Å². The molecule has 0 saturated carbocycles. The zero-order chi connectivity index (χ0) is 20.4. The molecule has 7 nitrogen and oxygen atoms in total. The minimum absolute atomic E-state index is 0.0543. The van der Waals surface area contributed by atoms with Crippen LogP contribution in [0.4, 0.5) is 17.6 Å². The minimum atomic E-state index is -2.84. The fourth-order valence-electron chi connectivity index (χ4n) is 2.59. The largest absolute Gasteiger partial charge is 0.415 e. The third-order valence-corrected chi connectivity index (χ3v) is 4.00. The lowest BCUT2D eigenvalue weighted by molar-refractivity contribution is 0.116. The van der Waals surface area contributed by atoms with Gasteiger partial charge in [0.15, 0.2) is 0 Å². The zero-order valence-corrected chi connectivity index (χ0v) is 14.6. The van der Waals surface area contributed by atoms with Crippen LogP contribution in [0.1, 0.15) is 30.0 Å². The van der Waals surface area contributed by atoms with Crippen LogP contribution in [0.5, 0.6) is 0 Å². The molecule has 0 aliphatic carbocycles. The van der Waals surface area contributed by atoms with Gasteiger partial charge >= 0.3 is 6.43 Å². The van der Waals surface area contributed by atoms with Gasteiger partial charge in [-0.1, -0.05) is 23.4 Å². The van der Waals surface area contributed by atoms with Crippen molar-refractivity contribution in [1.29, 1.82) is 0 Å². The second-order valence-corrected chi connectivity index (χ2v) is 6.01. The Kier molecular flexibility index (Phi) is 5.02. The number of benzene rings is 1. The van der Waals surface area contributed by atoms with Crippen LogP contribution in [0, 0.1) is 0 Å². The van der Waals surface area contributed by atoms with Crippen LogP contribution in [0.15, 0.2) is 53.2 Å². The van der Waals surface area contributed by atoms with E-state index >= 15 is 0 Å². The van der Waals surface area contributed by atoms with Crippen molar-refractivity contribution in [3.05, 3.63) is 65.9 Å². The summed E-state index contributed by atoms with van der Waals surface area (Å²) in [7, 11) is 0. The summed E-state index contributed by atoms with van der Waals surface area (Å²) in [6, 6.07) is 9.18. The van der Waals surface area contributed by atoms with Gasteiger partial charge in [-0.2, -0.15) is 8.78 Å².